The molecule has 14 heavy (non-hydrogen) atoms. The van der Waals surface area contributed by atoms with Crippen molar-refractivity contribution >= 4 is 11.8 Å². The number of carbonyl (C=O) groups is 2. The fraction of sp³-hybridized carbons (Fsp3) is 0.375. The molecule has 1 aliphatic heterocycles. The number of nitrogens with zero attached hydrogens (tertiary/aromatic N) is 2. The van der Waals surface area contributed by atoms with Crippen LogP contribution in [0.3, 0.4) is 0 Å². The summed E-state index contributed by atoms with van der Waals surface area (Å²) in [6.07, 6.45) is 1.50. The number of piperazine rings is 1. The predicted octanol–water partition coefficient (Wildman–Crippen LogP) is -0.867. The molecule has 0 aromatic carbocycles. The summed E-state index contributed by atoms with van der Waals surface area (Å²) in [4.78, 5) is 23.7. The monoisotopic (exact) mass is 195 g/mol. The van der Waals surface area contributed by atoms with Crippen LogP contribution in [0.2, 0.25) is 0 Å². The lowest BCUT2D eigenvalue weighted by molar-refractivity contribution is -0.141. The van der Waals surface area contributed by atoms with Crippen LogP contribution in [0, 0.1) is 0 Å². The smallest absolute Gasteiger partial charge is 0.242 e. The maximum absolute atomic E-state index is 11.3. The van der Waals surface area contributed by atoms with E-state index >= 15 is 0 Å². The average molecular weight is 195 g/mol. The van der Waals surface area contributed by atoms with E-state index in [-0.39, 0.29) is 24.9 Å². The molecule has 6 heteroatoms. The summed E-state index contributed by atoms with van der Waals surface area (Å²) in [7, 11) is 0. The van der Waals surface area contributed by atoms with Crippen LogP contribution < -0.4 is 5.32 Å². The normalized spacial score (nSPS) is 17.0. The number of hydrogen-bond acceptors (Lipinski definition) is 4. The number of nitrogens with one attached hydrogen (secondary N) is 1. The molecule has 74 valence electrons. The minimum Gasteiger partial charge on any atom is -0.360 e. The summed E-state index contributed by atoms with van der Waals surface area (Å²) in [5.41, 5.74) is 0. The van der Waals surface area contributed by atoms with E-state index in [9.17, 15) is 9.59 Å². The molecule has 1 aromatic heterocycles. The van der Waals surface area contributed by atoms with E-state index in [1.807, 2.05) is 0 Å². The third kappa shape index (κ3) is 1.73. The van der Waals surface area contributed by atoms with Crippen LogP contribution in [0.5, 0.6) is 0 Å². The van der Waals surface area contributed by atoms with E-state index in [0.29, 0.717) is 12.3 Å². The summed E-state index contributed by atoms with van der Waals surface area (Å²) in [5, 5.41) is 5.98. The molecule has 0 atom stereocenters. The van der Waals surface area contributed by atoms with Gasteiger partial charge in [0, 0.05) is 6.07 Å². The van der Waals surface area contributed by atoms with E-state index in [4.69, 9.17) is 4.52 Å². The van der Waals surface area contributed by atoms with Gasteiger partial charge in [-0.3, -0.25) is 9.59 Å². The third-order valence-corrected chi connectivity index (χ3v) is 1.96. The lowest BCUT2D eigenvalue weighted by Crippen LogP contribution is -2.50. The topological polar surface area (TPSA) is 75.4 Å². The third-order valence-electron chi connectivity index (χ3n) is 1.96. The zero-order valence-electron chi connectivity index (χ0n) is 7.40. The number of rotatable bonds is 2. The SMILES string of the molecule is O=C1CN(Cc2ccno2)C(=O)CN1. The van der Waals surface area contributed by atoms with Gasteiger partial charge in [0.2, 0.25) is 11.8 Å². The molecule has 1 fully saturated rings. The second-order valence-corrected chi connectivity index (χ2v) is 3.01. The minimum atomic E-state index is -0.149. The Morgan fingerprint density at radius 1 is 1.57 bits per heavy atom. The average Bonchev–Trinajstić information content (AvgIpc) is 2.64. The van der Waals surface area contributed by atoms with Crippen LogP contribution in [0.1, 0.15) is 5.76 Å². The minimum absolute atomic E-state index is 0.0625. The van der Waals surface area contributed by atoms with E-state index < -0.39 is 0 Å². The highest BCUT2D eigenvalue weighted by Gasteiger charge is 2.23. The first-order valence-corrected chi connectivity index (χ1v) is 4.20. The zero-order chi connectivity index (χ0) is 9.97. The lowest BCUT2D eigenvalue weighted by atomic mass is 10.3. The van der Waals surface area contributed by atoms with Crippen LogP contribution in [0.25, 0.3) is 0 Å². The number of carbonyl (C=O) groups excluding carboxylic acids is 2. The van der Waals surface area contributed by atoms with Crippen molar-refractivity contribution in [2.45, 2.75) is 6.54 Å². The first kappa shape index (κ1) is 8.74. The molecule has 0 spiro atoms. The van der Waals surface area contributed by atoms with Crippen LogP contribution in [0.4, 0.5) is 0 Å². The largest absolute Gasteiger partial charge is 0.360 e. The van der Waals surface area contributed by atoms with Crippen molar-refractivity contribution < 1.29 is 14.1 Å². The lowest BCUT2D eigenvalue weighted by Gasteiger charge is -2.25. The Bertz CT molecular complexity index is 347. The van der Waals surface area contributed by atoms with Crippen molar-refractivity contribution in [1.29, 1.82) is 0 Å². The Balaban J connectivity index is 2.02. The molecule has 0 unspecified atom stereocenters. The maximum Gasteiger partial charge on any atom is 0.242 e. The number of hydrogen-bond donors (Lipinski definition) is 1. The Labute approximate surface area is 79.8 Å². The highest BCUT2D eigenvalue weighted by molar-refractivity contribution is 5.92. The first-order chi connectivity index (χ1) is 6.75. The number of amides is 2. The molecule has 1 aliphatic rings. The van der Waals surface area contributed by atoms with E-state index in [0.717, 1.165) is 0 Å². The summed E-state index contributed by atoms with van der Waals surface area (Å²) in [5.74, 6) is 0.318. The van der Waals surface area contributed by atoms with E-state index in [1.165, 1.54) is 11.1 Å². The molecule has 0 aliphatic carbocycles. The van der Waals surface area contributed by atoms with Gasteiger partial charge in [-0.25, -0.2) is 0 Å². The molecule has 1 N–H and O–H groups in total. The van der Waals surface area contributed by atoms with E-state index in [2.05, 4.69) is 10.5 Å². The second kappa shape index (κ2) is 3.49. The summed E-state index contributed by atoms with van der Waals surface area (Å²) in [6, 6.07) is 1.67. The molecular weight excluding hydrogens is 186 g/mol. The van der Waals surface area contributed by atoms with Crippen LogP contribution in [-0.4, -0.2) is 35.0 Å². The molecular formula is C8H9N3O3. The highest BCUT2D eigenvalue weighted by Crippen LogP contribution is 2.05. The van der Waals surface area contributed by atoms with Gasteiger partial charge in [0.25, 0.3) is 0 Å². The van der Waals surface area contributed by atoms with Gasteiger partial charge in [0.1, 0.15) is 6.54 Å². The van der Waals surface area contributed by atoms with Gasteiger partial charge in [0.15, 0.2) is 5.76 Å². The van der Waals surface area contributed by atoms with Crippen LogP contribution in [-0.2, 0) is 16.1 Å². The molecule has 0 saturated carbocycles. The summed E-state index contributed by atoms with van der Waals surface area (Å²) >= 11 is 0. The van der Waals surface area contributed by atoms with Crippen molar-refractivity contribution in [3.05, 3.63) is 18.0 Å². The van der Waals surface area contributed by atoms with Gasteiger partial charge in [0.05, 0.1) is 19.3 Å². The highest BCUT2D eigenvalue weighted by atomic mass is 16.5. The second-order valence-electron chi connectivity index (χ2n) is 3.01. The van der Waals surface area contributed by atoms with Gasteiger partial charge >= 0.3 is 0 Å². The molecule has 1 saturated heterocycles. The zero-order valence-corrected chi connectivity index (χ0v) is 7.40. The summed E-state index contributed by atoms with van der Waals surface area (Å²) < 4.78 is 4.84. The standard InChI is InChI=1S/C8H9N3O3/c12-7-5-11(8(13)3-9-7)4-6-1-2-10-14-6/h1-2H,3-5H2,(H,9,12). The molecule has 2 amide bonds. The van der Waals surface area contributed by atoms with Gasteiger partial charge < -0.3 is 14.7 Å². The van der Waals surface area contributed by atoms with Gasteiger partial charge in [-0.05, 0) is 0 Å². The van der Waals surface area contributed by atoms with Crippen molar-refractivity contribution in [2.24, 2.45) is 0 Å². The van der Waals surface area contributed by atoms with Crippen molar-refractivity contribution in [2.75, 3.05) is 13.1 Å². The Morgan fingerprint density at radius 2 is 2.43 bits per heavy atom. The molecule has 0 bridgehead atoms. The number of aromatic nitrogens is 1. The Morgan fingerprint density at radius 3 is 3.14 bits per heavy atom. The molecule has 1 aromatic rings. The van der Waals surface area contributed by atoms with Gasteiger partial charge in [-0.15, -0.1) is 0 Å². The Hall–Kier alpha value is -1.85. The van der Waals surface area contributed by atoms with E-state index in [1.54, 1.807) is 6.07 Å². The molecule has 6 nitrogen and oxygen atoms in total. The van der Waals surface area contributed by atoms with Crippen molar-refractivity contribution in [3.8, 4) is 0 Å². The molecule has 2 heterocycles. The fourth-order valence-electron chi connectivity index (χ4n) is 1.26. The van der Waals surface area contributed by atoms with Gasteiger partial charge in [-0.1, -0.05) is 5.16 Å². The van der Waals surface area contributed by atoms with Crippen molar-refractivity contribution in [1.82, 2.24) is 15.4 Å². The van der Waals surface area contributed by atoms with Gasteiger partial charge in [-0.2, -0.15) is 0 Å². The molecule has 2 rings (SSSR count). The van der Waals surface area contributed by atoms with Crippen molar-refractivity contribution in [3.63, 3.8) is 0 Å². The first-order valence-electron chi connectivity index (χ1n) is 4.20. The maximum atomic E-state index is 11.3. The quantitative estimate of drug-likeness (QED) is 0.665. The fourth-order valence-corrected chi connectivity index (χ4v) is 1.26. The Kier molecular flexibility index (Phi) is 2.18. The predicted molar refractivity (Wildman–Crippen MR) is 44.9 cm³/mol. The molecule has 0 radical (unpaired) electrons. The summed E-state index contributed by atoms with van der Waals surface area (Å²) in [6.45, 7) is 0.443. The van der Waals surface area contributed by atoms with Crippen LogP contribution in [0.15, 0.2) is 16.8 Å². The van der Waals surface area contributed by atoms with Crippen LogP contribution >= 0.6 is 0 Å².